The van der Waals surface area contributed by atoms with Crippen LogP contribution in [0.1, 0.15) is 33.1 Å². The van der Waals surface area contributed by atoms with E-state index in [2.05, 4.69) is 5.32 Å². The van der Waals surface area contributed by atoms with Gasteiger partial charge < -0.3 is 16.2 Å². The summed E-state index contributed by atoms with van der Waals surface area (Å²) < 4.78 is 0. The monoisotopic (exact) mass is 348 g/mol. The predicted octanol–water partition coefficient (Wildman–Crippen LogP) is 3.12. The molecule has 132 valence electrons. The van der Waals surface area contributed by atoms with Gasteiger partial charge in [-0.2, -0.15) is 0 Å². The van der Waals surface area contributed by atoms with E-state index in [1.165, 1.54) is 0 Å². The van der Waals surface area contributed by atoms with Gasteiger partial charge in [0.05, 0.1) is 5.56 Å². The quantitative estimate of drug-likeness (QED) is 0.676. The number of carbonyl (C=O) groups is 2. The normalized spacial score (nSPS) is 11.9. The maximum absolute atomic E-state index is 12.6. The molecule has 4 N–H and O–H groups in total. The van der Waals surface area contributed by atoms with Gasteiger partial charge in [-0.3, -0.25) is 9.59 Å². The maximum atomic E-state index is 12.6. The number of hydrogen-bond donors (Lipinski definition) is 3. The highest BCUT2D eigenvalue weighted by Crippen LogP contribution is 2.25. The maximum Gasteiger partial charge on any atom is 0.255 e. The van der Waals surface area contributed by atoms with Crippen LogP contribution in [0.15, 0.2) is 54.6 Å². The number of phenolic OH excluding ortho intramolecular Hbond substituents is 1. The summed E-state index contributed by atoms with van der Waals surface area (Å²) in [5.74, 6) is -1.32. The number of fused-ring (bicyclic) bond motifs is 1. The van der Waals surface area contributed by atoms with Crippen molar-refractivity contribution in [2.24, 2.45) is 5.73 Å². The number of nitrogens with two attached hydrogens (primary N) is 1. The molecule has 3 aromatic carbocycles. The third kappa shape index (κ3) is 3.37. The number of carbonyl (C=O) groups excluding carboxylic acids is 2. The van der Waals surface area contributed by atoms with Crippen molar-refractivity contribution in [2.75, 3.05) is 0 Å². The van der Waals surface area contributed by atoms with Gasteiger partial charge in [-0.05, 0) is 53.4 Å². The van der Waals surface area contributed by atoms with Crippen molar-refractivity contribution in [3.63, 3.8) is 0 Å². The lowest BCUT2D eigenvalue weighted by atomic mass is 10.00. The second kappa shape index (κ2) is 6.88. The Morgan fingerprint density at radius 2 is 1.69 bits per heavy atom. The smallest absolute Gasteiger partial charge is 0.255 e. The summed E-state index contributed by atoms with van der Waals surface area (Å²) in [4.78, 5) is 24.6. The number of aromatic hydroxyl groups is 1. The third-order valence-electron chi connectivity index (χ3n) is 4.36. The van der Waals surface area contributed by atoms with Gasteiger partial charge in [0.15, 0.2) is 0 Å². The zero-order chi connectivity index (χ0) is 18.8. The van der Waals surface area contributed by atoms with E-state index < -0.39 is 17.9 Å². The highest BCUT2D eigenvalue weighted by atomic mass is 16.3. The van der Waals surface area contributed by atoms with Crippen molar-refractivity contribution in [3.05, 3.63) is 76.9 Å². The van der Waals surface area contributed by atoms with Crippen molar-refractivity contribution in [1.82, 2.24) is 5.32 Å². The molecule has 0 aromatic heterocycles. The number of phenols is 1. The van der Waals surface area contributed by atoms with Crippen molar-refractivity contribution in [1.29, 1.82) is 0 Å². The molecule has 0 aliphatic carbocycles. The van der Waals surface area contributed by atoms with E-state index in [-0.39, 0.29) is 11.3 Å². The van der Waals surface area contributed by atoms with Gasteiger partial charge in [0, 0.05) is 0 Å². The summed E-state index contributed by atoms with van der Waals surface area (Å²) in [5, 5.41) is 14.8. The Kier molecular flexibility index (Phi) is 4.63. The van der Waals surface area contributed by atoms with Crippen LogP contribution in [0.2, 0.25) is 0 Å². The van der Waals surface area contributed by atoms with Crippen LogP contribution < -0.4 is 11.1 Å². The van der Waals surface area contributed by atoms with Crippen LogP contribution in [0.4, 0.5) is 0 Å². The fraction of sp³-hybridized carbons (Fsp3) is 0.143. The van der Waals surface area contributed by atoms with E-state index in [9.17, 15) is 14.7 Å². The summed E-state index contributed by atoms with van der Waals surface area (Å²) >= 11 is 0. The average molecular weight is 348 g/mol. The largest absolute Gasteiger partial charge is 0.507 e. The van der Waals surface area contributed by atoms with Crippen molar-refractivity contribution >= 4 is 22.6 Å². The van der Waals surface area contributed by atoms with Gasteiger partial charge in [0.1, 0.15) is 11.8 Å². The minimum absolute atomic E-state index is 0.102. The Bertz CT molecular complexity index is 1010. The Labute approximate surface area is 151 Å². The molecule has 0 spiro atoms. The minimum Gasteiger partial charge on any atom is -0.507 e. The summed E-state index contributed by atoms with van der Waals surface area (Å²) in [6, 6.07) is 15.5. The topological polar surface area (TPSA) is 92.4 Å². The van der Waals surface area contributed by atoms with Gasteiger partial charge in [0.25, 0.3) is 5.91 Å². The lowest BCUT2D eigenvalue weighted by Crippen LogP contribution is -2.37. The molecular formula is C21H20N2O3. The molecule has 0 saturated heterocycles. The molecule has 1 unspecified atom stereocenters. The first-order valence-electron chi connectivity index (χ1n) is 8.26. The molecule has 0 saturated carbocycles. The Hall–Kier alpha value is -3.34. The van der Waals surface area contributed by atoms with Crippen LogP contribution in [0.25, 0.3) is 10.8 Å². The molecule has 1 atom stereocenters. The van der Waals surface area contributed by atoms with Gasteiger partial charge in [0.2, 0.25) is 5.91 Å². The SMILES string of the molecule is Cc1cc(C)c(O)c(C(=O)NC(C(N)=O)c2ccc3ccccc3c2)c1. The lowest BCUT2D eigenvalue weighted by molar-refractivity contribution is -0.120. The first kappa shape index (κ1) is 17.5. The molecule has 5 nitrogen and oxygen atoms in total. The first-order valence-corrected chi connectivity index (χ1v) is 8.26. The van der Waals surface area contributed by atoms with E-state index in [0.717, 1.165) is 16.3 Å². The summed E-state index contributed by atoms with van der Waals surface area (Å²) in [6.45, 7) is 3.55. The molecular weight excluding hydrogens is 328 g/mol. The highest BCUT2D eigenvalue weighted by molar-refractivity contribution is 6.00. The minimum atomic E-state index is -0.993. The van der Waals surface area contributed by atoms with E-state index in [1.807, 2.05) is 43.3 Å². The van der Waals surface area contributed by atoms with Gasteiger partial charge in [-0.15, -0.1) is 0 Å². The van der Waals surface area contributed by atoms with E-state index >= 15 is 0 Å². The molecule has 0 radical (unpaired) electrons. The number of hydrogen-bond acceptors (Lipinski definition) is 3. The molecule has 3 aromatic rings. The van der Waals surface area contributed by atoms with Crippen LogP contribution >= 0.6 is 0 Å². The summed E-state index contributed by atoms with van der Waals surface area (Å²) in [5.41, 5.74) is 7.67. The molecule has 0 aliphatic rings. The molecule has 26 heavy (non-hydrogen) atoms. The summed E-state index contributed by atoms with van der Waals surface area (Å²) in [7, 11) is 0. The average Bonchev–Trinajstić information content (AvgIpc) is 2.61. The Morgan fingerprint density at radius 3 is 2.38 bits per heavy atom. The fourth-order valence-electron chi connectivity index (χ4n) is 3.05. The second-order valence-electron chi connectivity index (χ2n) is 6.39. The van der Waals surface area contributed by atoms with Crippen LogP contribution in [0.3, 0.4) is 0 Å². The second-order valence-corrected chi connectivity index (χ2v) is 6.39. The molecule has 5 heteroatoms. The van der Waals surface area contributed by atoms with Gasteiger partial charge >= 0.3 is 0 Å². The van der Waals surface area contributed by atoms with E-state index in [0.29, 0.717) is 11.1 Å². The molecule has 0 heterocycles. The number of amides is 2. The molecule has 0 aliphatic heterocycles. The highest BCUT2D eigenvalue weighted by Gasteiger charge is 2.23. The molecule has 0 fully saturated rings. The molecule has 2 amide bonds. The van der Waals surface area contributed by atoms with Crippen LogP contribution in [0.5, 0.6) is 5.75 Å². The standard InChI is InChI=1S/C21H20N2O3/c1-12-9-13(2)19(24)17(10-12)21(26)23-18(20(22)25)16-8-7-14-5-3-4-6-15(14)11-16/h3-11,18,24H,1-2H3,(H2,22,25)(H,23,26). The Morgan fingerprint density at radius 1 is 1.00 bits per heavy atom. The fourth-order valence-corrected chi connectivity index (χ4v) is 3.05. The van der Waals surface area contributed by atoms with Crippen molar-refractivity contribution in [2.45, 2.75) is 19.9 Å². The third-order valence-corrected chi connectivity index (χ3v) is 4.36. The first-order chi connectivity index (χ1) is 12.4. The van der Waals surface area contributed by atoms with Crippen LogP contribution in [-0.2, 0) is 4.79 Å². The zero-order valence-electron chi connectivity index (χ0n) is 14.6. The number of rotatable bonds is 4. The number of primary amides is 1. The number of benzene rings is 3. The van der Waals surface area contributed by atoms with E-state index in [1.54, 1.807) is 25.1 Å². The van der Waals surface area contributed by atoms with Gasteiger partial charge in [-0.1, -0.05) is 42.5 Å². The molecule has 0 bridgehead atoms. The number of nitrogens with one attached hydrogen (secondary N) is 1. The zero-order valence-corrected chi connectivity index (χ0v) is 14.6. The van der Waals surface area contributed by atoms with Gasteiger partial charge in [-0.25, -0.2) is 0 Å². The van der Waals surface area contributed by atoms with Crippen LogP contribution in [-0.4, -0.2) is 16.9 Å². The van der Waals surface area contributed by atoms with Crippen molar-refractivity contribution in [3.8, 4) is 5.75 Å². The van der Waals surface area contributed by atoms with Crippen LogP contribution in [0, 0.1) is 13.8 Å². The summed E-state index contributed by atoms with van der Waals surface area (Å²) in [6.07, 6.45) is 0. The Balaban J connectivity index is 1.96. The van der Waals surface area contributed by atoms with E-state index in [4.69, 9.17) is 5.73 Å². The predicted molar refractivity (Wildman–Crippen MR) is 101 cm³/mol. The number of aryl methyl sites for hydroxylation is 2. The lowest BCUT2D eigenvalue weighted by Gasteiger charge is -2.18. The van der Waals surface area contributed by atoms with Crippen molar-refractivity contribution < 1.29 is 14.7 Å². The molecule has 3 rings (SSSR count).